The predicted molar refractivity (Wildman–Crippen MR) is 75.5 cm³/mol. The summed E-state index contributed by atoms with van der Waals surface area (Å²) in [5.41, 5.74) is 1.30. The normalized spacial score (nSPS) is 16.5. The molecule has 0 spiro atoms. The Morgan fingerprint density at radius 1 is 1.29 bits per heavy atom. The van der Waals surface area contributed by atoms with E-state index in [1.807, 2.05) is 6.92 Å². The lowest BCUT2D eigenvalue weighted by Gasteiger charge is -2.17. The standard InChI is InChI=1S/C14H23NOS/c1-5-15-10(2)13-7-6-8-14(9-13)17-12(4)11(3)16/h6-12,15-16H,5H2,1-4H3. The Bertz CT molecular complexity index is 341. The first-order chi connectivity index (χ1) is 8.04. The van der Waals surface area contributed by atoms with E-state index in [2.05, 4.69) is 50.4 Å². The van der Waals surface area contributed by atoms with Crippen LogP contribution in [0.15, 0.2) is 29.2 Å². The lowest BCUT2D eigenvalue weighted by atomic mass is 10.1. The smallest absolute Gasteiger partial charge is 0.0631 e. The van der Waals surface area contributed by atoms with Crippen LogP contribution in [0, 0.1) is 0 Å². The minimum absolute atomic E-state index is 0.222. The summed E-state index contributed by atoms with van der Waals surface area (Å²) in [7, 11) is 0. The van der Waals surface area contributed by atoms with Crippen LogP contribution in [0.1, 0.15) is 39.3 Å². The first-order valence-electron chi connectivity index (χ1n) is 6.22. The molecule has 0 bridgehead atoms. The molecule has 2 nitrogen and oxygen atoms in total. The molecule has 1 aromatic rings. The molecule has 0 aliphatic carbocycles. The molecule has 0 radical (unpaired) electrons. The van der Waals surface area contributed by atoms with Gasteiger partial charge in [0.05, 0.1) is 6.10 Å². The highest BCUT2D eigenvalue weighted by Crippen LogP contribution is 2.27. The largest absolute Gasteiger partial charge is 0.392 e. The maximum Gasteiger partial charge on any atom is 0.0631 e. The highest BCUT2D eigenvalue weighted by atomic mass is 32.2. The Morgan fingerprint density at radius 3 is 2.59 bits per heavy atom. The Hall–Kier alpha value is -0.510. The molecule has 2 N–H and O–H groups in total. The van der Waals surface area contributed by atoms with E-state index in [4.69, 9.17) is 0 Å². The minimum Gasteiger partial charge on any atom is -0.392 e. The van der Waals surface area contributed by atoms with Crippen molar-refractivity contribution in [3.05, 3.63) is 29.8 Å². The molecule has 0 aliphatic heterocycles. The molecule has 0 saturated carbocycles. The zero-order chi connectivity index (χ0) is 12.8. The first kappa shape index (κ1) is 14.6. The fourth-order valence-corrected chi connectivity index (χ4v) is 2.58. The fraction of sp³-hybridized carbons (Fsp3) is 0.571. The number of benzene rings is 1. The van der Waals surface area contributed by atoms with E-state index in [0.29, 0.717) is 6.04 Å². The molecule has 17 heavy (non-hydrogen) atoms. The summed E-state index contributed by atoms with van der Waals surface area (Å²) in [5.74, 6) is 0. The van der Waals surface area contributed by atoms with Crippen molar-refractivity contribution in [1.29, 1.82) is 0 Å². The molecule has 0 saturated heterocycles. The molecule has 3 heteroatoms. The molecule has 1 rings (SSSR count). The summed E-state index contributed by atoms with van der Waals surface area (Å²) in [5, 5.41) is 13.1. The Kier molecular flexibility index (Phi) is 6.03. The van der Waals surface area contributed by atoms with Gasteiger partial charge < -0.3 is 10.4 Å². The van der Waals surface area contributed by atoms with Crippen molar-refractivity contribution in [1.82, 2.24) is 5.32 Å². The van der Waals surface area contributed by atoms with Crippen LogP contribution < -0.4 is 5.32 Å². The zero-order valence-corrected chi connectivity index (χ0v) is 11.9. The number of hydrogen-bond donors (Lipinski definition) is 2. The molecule has 1 aromatic carbocycles. The maximum absolute atomic E-state index is 9.51. The van der Waals surface area contributed by atoms with Gasteiger partial charge in [-0.1, -0.05) is 26.0 Å². The Balaban J connectivity index is 2.72. The van der Waals surface area contributed by atoms with Crippen LogP contribution in [-0.4, -0.2) is 23.0 Å². The lowest BCUT2D eigenvalue weighted by molar-refractivity contribution is 0.196. The second-order valence-electron chi connectivity index (χ2n) is 4.42. The Morgan fingerprint density at radius 2 is 2.00 bits per heavy atom. The predicted octanol–water partition coefficient (Wildman–Crippen LogP) is 3.22. The van der Waals surface area contributed by atoms with Crippen LogP contribution in [0.5, 0.6) is 0 Å². The van der Waals surface area contributed by atoms with E-state index in [9.17, 15) is 5.11 Å². The summed E-state index contributed by atoms with van der Waals surface area (Å²) < 4.78 is 0. The summed E-state index contributed by atoms with van der Waals surface area (Å²) >= 11 is 1.72. The van der Waals surface area contributed by atoms with Crippen molar-refractivity contribution in [2.24, 2.45) is 0 Å². The van der Waals surface area contributed by atoms with Crippen molar-refractivity contribution in [3.63, 3.8) is 0 Å². The van der Waals surface area contributed by atoms with Crippen LogP contribution in [0.25, 0.3) is 0 Å². The van der Waals surface area contributed by atoms with Gasteiger partial charge in [-0.3, -0.25) is 0 Å². The summed E-state index contributed by atoms with van der Waals surface area (Å²) in [4.78, 5) is 1.22. The van der Waals surface area contributed by atoms with Gasteiger partial charge in [-0.15, -0.1) is 11.8 Å². The second-order valence-corrected chi connectivity index (χ2v) is 5.87. The van der Waals surface area contributed by atoms with Crippen molar-refractivity contribution < 1.29 is 5.11 Å². The summed E-state index contributed by atoms with van der Waals surface area (Å²) in [6.07, 6.45) is -0.283. The number of aliphatic hydroxyl groups excluding tert-OH is 1. The quantitative estimate of drug-likeness (QED) is 0.764. The molecule has 3 unspecified atom stereocenters. The van der Waals surface area contributed by atoms with Crippen LogP contribution in [0.4, 0.5) is 0 Å². The Labute approximate surface area is 109 Å². The number of nitrogens with one attached hydrogen (secondary N) is 1. The molecule has 0 fully saturated rings. The first-order valence-corrected chi connectivity index (χ1v) is 7.10. The maximum atomic E-state index is 9.51. The average molecular weight is 253 g/mol. The van der Waals surface area contributed by atoms with Gasteiger partial charge in [0.15, 0.2) is 0 Å². The van der Waals surface area contributed by atoms with Gasteiger partial charge in [0.25, 0.3) is 0 Å². The lowest BCUT2D eigenvalue weighted by Crippen LogP contribution is -2.18. The number of hydrogen-bond acceptors (Lipinski definition) is 3. The van der Waals surface area contributed by atoms with E-state index in [1.165, 1.54) is 10.5 Å². The minimum atomic E-state index is -0.283. The number of aliphatic hydroxyl groups is 1. The van der Waals surface area contributed by atoms with Crippen molar-refractivity contribution in [2.75, 3.05) is 6.54 Å². The molecule has 0 amide bonds. The molecular formula is C14H23NOS. The van der Waals surface area contributed by atoms with E-state index in [1.54, 1.807) is 11.8 Å². The monoisotopic (exact) mass is 253 g/mol. The van der Waals surface area contributed by atoms with E-state index in [-0.39, 0.29) is 11.4 Å². The van der Waals surface area contributed by atoms with Crippen LogP contribution in [0.2, 0.25) is 0 Å². The van der Waals surface area contributed by atoms with Crippen molar-refractivity contribution in [3.8, 4) is 0 Å². The van der Waals surface area contributed by atoms with Gasteiger partial charge in [0.2, 0.25) is 0 Å². The third kappa shape index (κ3) is 4.70. The van der Waals surface area contributed by atoms with Crippen LogP contribution in [0.3, 0.4) is 0 Å². The fourth-order valence-electron chi connectivity index (χ4n) is 1.59. The highest BCUT2D eigenvalue weighted by Gasteiger charge is 2.11. The number of thioether (sulfide) groups is 1. The third-order valence-electron chi connectivity index (χ3n) is 2.87. The molecule has 0 heterocycles. The second kappa shape index (κ2) is 7.04. The molecular weight excluding hydrogens is 230 g/mol. The van der Waals surface area contributed by atoms with Gasteiger partial charge in [0, 0.05) is 16.2 Å². The summed E-state index contributed by atoms with van der Waals surface area (Å²) in [6.45, 7) is 9.15. The van der Waals surface area contributed by atoms with E-state index < -0.39 is 0 Å². The van der Waals surface area contributed by atoms with Crippen molar-refractivity contribution in [2.45, 2.75) is 50.0 Å². The van der Waals surface area contributed by atoms with Gasteiger partial charge >= 0.3 is 0 Å². The zero-order valence-electron chi connectivity index (χ0n) is 11.1. The SMILES string of the molecule is CCNC(C)c1cccc(SC(C)C(C)O)c1. The molecule has 3 atom stereocenters. The topological polar surface area (TPSA) is 32.3 Å². The van der Waals surface area contributed by atoms with Gasteiger partial charge in [-0.2, -0.15) is 0 Å². The molecule has 0 aliphatic rings. The van der Waals surface area contributed by atoms with Crippen LogP contribution >= 0.6 is 11.8 Å². The van der Waals surface area contributed by atoms with Gasteiger partial charge in [-0.05, 0) is 38.1 Å². The van der Waals surface area contributed by atoms with Gasteiger partial charge in [-0.25, -0.2) is 0 Å². The average Bonchev–Trinajstić information content (AvgIpc) is 2.29. The van der Waals surface area contributed by atoms with E-state index in [0.717, 1.165) is 6.54 Å². The molecule has 0 aromatic heterocycles. The van der Waals surface area contributed by atoms with Gasteiger partial charge in [0.1, 0.15) is 0 Å². The molecule has 96 valence electrons. The van der Waals surface area contributed by atoms with Crippen LogP contribution in [-0.2, 0) is 0 Å². The van der Waals surface area contributed by atoms with Crippen molar-refractivity contribution >= 4 is 11.8 Å². The summed E-state index contributed by atoms with van der Waals surface area (Å²) in [6, 6.07) is 8.91. The van der Waals surface area contributed by atoms with E-state index >= 15 is 0 Å². The highest BCUT2D eigenvalue weighted by molar-refractivity contribution is 8.00. The third-order valence-corrected chi connectivity index (χ3v) is 4.16. The number of rotatable bonds is 6.